The van der Waals surface area contributed by atoms with E-state index in [4.69, 9.17) is 0 Å². The van der Waals surface area contributed by atoms with Crippen LogP contribution in [0.25, 0.3) is 38.9 Å². The van der Waals surface area contributed by atoms with Crippen molar-refractivity contribution >= 4 is 21.8 Å². The second-order valence-corrected chi connectivity index (χ2v) is 12.3. The van der Waals surface area contributed by atoms with E-state index in [9.17, 15) is 0 Å². The molecular formula is C36H31N5. The molecule has 0 radical (unpaired) electrons. The van der Waals surface area contributed by atoms with Crippen molar-refractivity contribution in [3.8, 4) is 17.1 Å². The Morgan fingerprint density at radius 3 is 2.12 bits per heavy atom. The maximum absolute atomic E-state index is 4.32. The third-order valence-corrected chi connectivity index (χ3v) is 8.98. The largest absolute Gasteiger partial charge is 0.309 e. The van der Waals surface area contributed by atoms with Gasteiger partial charge < -0.3 is 13.7 Å². The Hall–Kier alpha value is -4.90. The van der Waals surface area contributed by atoms with Gasteiger partial charge >= 0.3 is 0 Å². The van der Waals surface area contributed by atoms with Crippen molar-refractivity contribution in [2.75, 3.05) is 0 Å². The average molecular weight is 534 g/mol. The Balaban J connectivity index is 1.49. The second-order valence-electron chi connectivity index (χ2n) is 12.3. The van der Waals surface area contributed by atoms with Crippen molar-refractivity contribution in [2.24, 2.45) is 0 Å². The molecule has 3 aromatic heterocycles. The predicted octanol–water partition coefficient (Wildman–Crippen LogP) is 8.12. The van der Waals surface area contributed by atoms with Crippen molar-refractivity contribution in [2.45, 2.75) is 38.5 Å². The summed E-state index contributed by atoms with van der Waals surface area (Å²) in [5.74, 6) is 0. The molecule has 5 nitrogen and oxygen atoms in total. The molecule has 0 N–H and O–H groups in total. The van der Waals surface area contributed by atoms with E-state index in [0.717, 1.165) is 11.4 Å². The lowest BCUT2D eigenvalue weighted by molar-refractivity contribution is 0.591. The summed E-state index contributed by atoms with van der Waals surface area (Å²) in [6.07, 6.45) is 11.4. The minimum atomic E-state index is -0.404. The summed E-state index contributed by atoms with van der Waals surface area (Å²) in [7, 11) is 0. The van der Waals surface area contributed by atoms with E-state index in [1.54, 1.807) is 0 Å². The lowest BCUT2D eigenvalue weighted by atomic mass is 9.68. The number of benzene rings is 4. The molecule has 1 aliphatic rings. The Labute approximate surface area is 239 Å². The molecule has 0 aliphatic carbocycles. The molecule has 1 unspecified atom stereocenters. The van der Waals surface area contributed by atoms with Gasteiger partial charge in [0, 0.05) is 52.3 Å². The lowest BCUT2D eigenvalue weighted by Crippen LogP contribution is -2.31. The Morgan fingerprint density at radius 1 is 0.683 bits per heavy atom. The number of rotatable bonds is 3. The van der Waals surface area contributed by atoms with Gasteiger partial charge in [0.25, 0.3) is 0 Å². The van der Waals surface area contributed by atoms with Crippen LogP contribution in [0.1, 0.15) is 49.9 Å². The number of aromatic nitrogens is 5. The number of fused-ring (bicyclic) bond motifs is 5. The summed E-state index contributed by atoms with van der Waals surface area (Å²) in [6, 6.07) is 29.6. The molecule has 0 spiro atoms. The van der Waals surface area contributed by atoms with E-state index in [1.165, 1.54) is 49.7 Å². The first-order chi connectivity index (χ1) is 19.8. The average Bonchev–Trinajstić information content (AvgIpc) is 3.76. The van der Waals surface area contributed by atoms with E-state index in [2.05, 4.69) is 130 Å². The molecule has 5 heteroatoms. The molecule has 7 aromatic rings. The van der Waals surface area contributed by atoms with Gasteiger partial charge in [0.05, 0.1) is 29.4 Å². The monoisotopic (exact) mass is 533 g/mol. The Bertz CT molecular complexity index is 2090. The molecule has 200 valence electrons. The van der Waals surface area contributed by atoms with Crippen LogP contribution in [-0.2, 0) is 10.8 Å². The predicted molar refractivity (Wildman–Crippen MR) is 166 cm³/mol. The zero-order valence-electron chi connectivity index (χ0n) is 23.7. The minimum absolute atomic E-state index is 0.0697. The molecule has 1 atom stereocenters. The summed E-state index contributed by atoms with van der Waals surface area (Å²) < 4.78 is 6.65. The highest BCUT2D eigenvalue weighted by Gasteiger charge is 2.40. The van der Waals surface area contributed by atoms with Gasteiger partial charge in [-0.3, -0.25) is 0 Å². The highest BCUT2D eigenvalue weighted by molar-refractivity contribution is 6.12. The number of para-hydroxylation sites is 1. The molecule has 8 rings (SSSR count). The van der Waals surface area contributed by atoms with Crippen LogP contribution in [0.3, 0.4) is 0 Å². The van der Waals surface area contributed by atoms with E-state index in [0.29, 0.717) is 0 Å². The lowest BCUT2D eigenvalue weighted by Gasteiger charge is -2.38. The van der Waals surface area contributed by atoms with E-state index < -0.39 is 5.41 Å². The van der Waals surface area contributed by atoms with Crippen LogP contribution in [-0.4, -0.2) is 23.7 Å². The zero-order chi connectivity index (χ0) is 27.9. The van der Waals surface area contributed by atoms with Gasteiger partial charge in [-0.15, -0.1) is 0 Å². The molecule has 1 aliphatic heterocycles. The second kappa shape index (κ2) is 8.31. The first kappa shape index (κ1) is 23.9. The minimum Gasteiger partial charge on any atom is -0.309 e. The van der Waals surface area contributed by atoms with Crippen LogP contribution in [0.15, 0.2) is 116 Å². The van der Waals surface area contributed by atoms with Crippen LogP contribution in [0, 0.1) is 0 Å². The van der Waals surface area contributed by atoms with Gasteiger partial charge in [0.2, 0.25) is 0 Å². The summed E-state index contributed by atoms with van der Waals surface area (Å²) in [4.78, 5) is 8.62. The molecule has 0 saturated heterocycles. The van der Waals surface area contributed by atoms with Gasteiger partial charge in [-0.25, -0.2) is 9.97 Å². The fourth-order valence-electron chi connectivity index (χ4n) is 6.73. The zero-order valence-corrected chi connectivity index (χ0v) is 23.7. The van der Waals surface area contributed by atoms with E-state index >= 15 is 0 Å². The SMILES string of the molecule is CC(C)(C)c1ccc2c(c1)c1cccc3c1n2-c1ccc(-n2ccnc2)cc1C3(C)c1cccc(-n2ccnc2)c1. The van der Waals surface area contributed by atoms with Gasteiger partial charge in [-0.2, -0.15) is 0 Å². The molecule has 0 fully saturated rings. The maximum atomic E-state index is 4.32. The number of imidazole rings is 2. The topological polar surface area (TPSA) is 40.6 Å². The molecule has 0 amide bonds. The smallest absolute Gasteiger partial charge is 0.0991 e. The summed E-state index contributed by atoms with van der Waals surface area (Å²) in [6.45, 7) is 9.24. The normalized spacial score (nSPS) is 16.4. The van der Waals surface area contributed by atoms with Gasteiger partial charge in [0.1, 0.15) is 0 Å². The van der Waals surface area contributed by atoms with Crippen molar-refractivity contribution in [3.05, 3.63) is 139 Å². The molecule has 0 bridgehead atoms. The van der Waals surface area contributed by atoms with Crippen LogP contribution in [0.4, 0.5) is 0 Å². The fraction of sp³-hybridized carbons (Fsp3) is 0.167. The summed E-state index contributed by atoms with van der Waals surface area (Å²) in [5.41, 5.74) is 10.8. The van der Waals surface area contributed by atoms with Gasteiger partial charge in [-0.1, -0.05) is 57.2 Å². The van der Waals surface area contributed by atoms with Crippen molar-refractivity contribution in [3.63, 3.8) is 0 Å². The van der Waals surface area contributed by atoms with Crippen LogP contribution < -0.4 is 0 Å². The van der Waals surface area contributed by atoms with Crippen molar-refractivity contribution in [1.82, 2.24) is 23.7 Å². The Kier molecular flexibility index (Phi) is 4.85. The van der Waals surface area contributed by atoms with Crippen molar-refractivity contribution in [1.29, 1.82) is 0 Å². The molecule has 4 aromatic carbocycles. The molecule has 41 heavy (non-hydrogen) atoms. The van der Waals surface area contributed by atoms with Crippen LogP contribution >= 0.6 is 0 Å². The molecular weight excluding hydrogens is 502 g/mol. The maximum Gasteiger partial charge on any atom is 0.0991 e. The number of hydrogen-bond donors (Lipinski definition) is 0. The van der Waals surface area contributed by atoms with Gasteiger partial charge in [0.15, 0.2) is 0 Å². The highest BCUT2D eigenvalue weighted by Crippen LogP contribution is 2.51. The van der Waals surface area contributed by atoms with Crippen LogP contribution in [0.5, 0.6) is 0 Å². The first-order valence-electron chi connectivity index (χ1n) is 14.1. The Morgan fingerprint density at radius 2 is 1.41 bits per heavy atom. The first-order valence-corrected chi connectivity index (χ1v) is 14.1. The number of nitrogens with zero attached hydrogens (tertiary/aromatic N) is 5. The molecule has 4 heterocycles. The quantitative estimate of drug-likeness (QED) is 0.230. The van der Waals surface area contributed by atoms with E-state index in [1.807, 2.05) is 37.4 Å². The highest BCUT2D eigenvalue weighted by atomic mass is 15.0. The third-order valence-electron chi connectivity index (χ3n) is 8.98. The van der Waals surface area contributed by atoms with Crippen molar-refractivity contribution < 1.29 is 0 Å². The van der Waals surface area contributed by atoms with Crippen LogP contribution in [0.2, 0.25) is 0 Å². The van der Waals surface area contributed by atoms with Gasteiger partial charge in [-0.05, 0) is 77.1 Å². The summed E-state index contributed by atoms with van der Waals surface area (Å²) >= 11 is 0. The number of hydrogen-bond acceptors (Lipinski definition) is 2. The molecule has 0 saturated carbocycles. The fourth-order valence-corrected chi connectivity index (χ4v) is 6.73. The standard InChI is InChI=1S/C36H31N5/c1-35(2,3)24-11-13-32-29(20-24)28-9-6-10-30-34(28)41(32)33-14-12-27(40-18-16-38-23-40)21-31(33)36(30,4)25-7-5-8-26(19-25)39-17-15-37-22-39/h5-23H,1-4H3. The summed E-state index contributed by atoms with van der Waals surface area (Å²) in [5, 5.41) is 2.60. The third kappa shape index (κ3) is 3.35. The van der Waals surface area contributed by atoms with E-state index in [-0.39, 0.29) is 5.41 Å².